The summed E-state index contributed by atoms with van der Waals surface area (Å²) in [4.78, 5) is 0. The molecule has 2 aromatic heterocycles. The summed E-state index contributed by atoms with van der Waals surface area (Å²) in [6.07, 6.45) is -6.78. The molecule has 0 amide bonds. The summed E-state index contributed by atoms with van der Waals surface area (Å²) in [6.45, 7) is 1.66. The molecule has 4 rings (SSSR count). The first-order chi connectivity index (χ1) is 19.7. The van der Waals surface area contributed by atoms with Gasteiger partial charge in [0, 0.05) is 18.7 Å². The predicted octanol–water partition coefficient (Wildman–Crippen LogP) is 4.99. The lowest BCUT2D eigenvalue weighted by Crippen LogP contribution is -2.19. The lowest BCUT2D eigenvalue weighted by molar-refractivity contribution is -0.141. The first-order valence-corrected chi connectivity index (χ1v) is 14.1. The van der Waals surface area contributed by atoms with Gasteiger partial charge in [-0.25, -0.2) is 9.07 Å². The zero-order valence-corrected chi connectivity index (χ0v) is 23.6. The molecule has 222 valence electrons. The van der Waals surface area contributed by atoms with Gasteiger partial charge in [-0.15, -0.1) is 0 Å². The van der Waals surface area contributed by atoms with Crippen LogP contribution in [0.5, 0.6) is 5.75 Å². The Kier molecular flexibility index (Phi) is 8.71. The number of benzene rings is 2. The Labute approximate surface area is 238 Å². The fraction of sp³-hybridized carbons (Fsp3) is 0.296. The summed E-state index contributed by atoms with van der Waals surface area (Å²) in [7, 11) is -1.38. The predicted molar refractivity (Wildman–Crippen MR) is 140 cm³/mol. The summed E-state index contributed by atoms with van der Waals surface area (Å²) in [5.74, 6) is -0.0558. The van der Waals surface area contributed by atoms with Crippen LogP contribution in [0.15, 0.2) is 54.6 Å². The summed E-state index contributed by atoms with van der Waals surface area (Å²) in [5.41, 5.74) is -1.03. The van der Waals surface area contributed by atoms with E-state index in [4.69, 9.17) is 13.7 Å². The third kappa shape index (κ3) is 6.96. The fourth-order valence-corrected chi connectivity index (χ4v) is 4.74. The maximum absolute atomic E-state index is 14.5. The van der Waals surface area contributed by atoms with Gasteiger partial charge >= 0.3 is 6.18 Å². The van der Waals surface area contributed by atoms with Crippen molar-refractivity contribution in [3.8, 4) is 17.5 Å². The second kappa shape index (κ2) is 11.9. The molecular weight excluding hydrogens is 582 g/mol. The molecule has 10 nitrogen and oxygen atoms in total. The van der Waals surface area contributed by atoms with Crippen LogP contribution < -0.4 is 4.74 Å². The van der Waals surface area contributed by atoms with Crippen LogP contribution in [0.4, 0.5) is 17.6 Å². The van der Waals surface area contributed by atoms with Crippen LogP contribution in [0.1, 0.15) is 53.0 Å². The first kappa shape index (κ1) is 30.7. The van der Waals surface area contributed by atoms with Gasteiger partial charge in [0.2, 0.25) is 0 Å². The van der Waals surface area contributed by atoms with Crippen molar-refractivity contribution in [3.63, 3.8) is 0 Å². The second-order valence-electron chi connectivity index (χ2n) is 9.24. The fourth-order valence-electron chi connectivity index (χ4n) is 4.20. The maximum atomic E-state index is 14.5. The lowest BCUT2D eigenvalue weighted by Gasteiger charge is -2.22. The number of aryl methyl sites for hydroxylation is 1. The summed E-state index contributed by atoms with van der Waals surface area (Å²) < 4.78 is 99.1. The van der Waals surface area contributed by atoms with Crippen LogP contribution in [-0.2, 0) is 38.9 Å². The van der Waals surface area contributed by atoms with E-state index in [9.17, 15) is 31.2 Å². The van der Waals surface area contributed by atoms with Gasteiger partial charge in [-0.2, -0.15) is 37.0 Å². The summed E-state index contributed by atoms with van der Waals surface area (Å²) in [5, 5.41) is 16.9. The Bertz CT molecular complexity index is 1730. The lowest BCUT2D eigenvalue weighted by atomic mass is 10.1. The van der Waals surface area contributed by atoms with Crippen molar-refractivity contribution < 1.29 is 39.6 Å². The number of halogens is 4. The van der Waals surface area contributed by atoms with Gasteiger partial charge in [-0.05, 0) is 48.9 Å². The molecule has 0 saturated carbocycles. The van der Waals surface area contributed by atoms with Crippen molar-refractivity contribution >= 4 is 10.1 Å². The average Bonchev–Trinajstić information content (AvgIpc) is 3.54. The minimum Gasteiger partial charge on any atom is -0.497 e. The molecule has 0 bridgehead atoms. The molecular formula is C27H25F4N5O5S. The van der Waals surface area contributed by atoms with E-state index in [0.717, 1.165) is 33.3 Å². The van der Waals surface area contributed by atoms with Crippen LogP contribution in [-0.4, -0.2) is 41.3 Å². The van der Waals surface area contributed by atoms with E-state index in [0.29, 0.717) is 11.8 Å². The molecule has 0 spiro atoms. The number of hydrogen-bond donors (Lipinski definition) is 0. The van der Waals surface area contributed by atoms with Gasteiger partial charge < -0.3 is 9.47 Å². The summed E-state index contributed by atoms with van der Waals surface area (Å²) >= 11 is 0. The third-order valence-electron chi connectivity index (χ3n) is 6.18. The van der Waals surface area contributed by atoms with E-state index in [2.05, 4.69) is 10.2 Å². The Hall–Kier alpha value is -4.26. The number of alkyl halides is 3. The molecule has 0 aliphatic rings. The number of nitrogens with zero attached hydrogens (tertiary/aromatic N) is 5. The molecule has 2 unspecified atom stereocenters. The molecule has 2 atom stereocenters. The van der Waals surface area contributed by atoms with Crippen molar-refractivity contribution in [1.82, 2.24) is 19.6 Å². The molecule has 0 radical (unpaired) electrons. The highest BCUT2D eigenvalue weighted by Gasteiger charge is 2.38. The third-order valence-corrected chi connectivity index (χ3v) is 6.72. The zero-order chi connectivity index (χ0) is 30.8. The van der Waals surface area contributed by atoms with E-state index >= 15 is 0 Å². The highest BCUT2D eigenvalue weighted by Crippen LogP contribution is 2.37. The van der Waals surface area contributed by atoms with Gasteiger partial charge in [0.25, 0.3) is 10.1 Å². The molecule has 15 heteroatoms. The Balaban J connectivity index is 1.85. The van der Waals surface area contributed by atoms with E-state index in [1.54, 1.807) is 37.3 Å². The average molecular weight is 608 g/mol. The van der Waals surface area contributed by atoms with Crippen LogP contribution in [0.3, 0.4) is 0 Å². The minimum atomic E-state index is -4.93. The number of rotatable bonds is 10. The van der Waals surface area contributed by atoms with Crippen LogP contribution in [0.2, 0.25) is 0 Å². The molecule has 0 N–H and O–H groups in total. The second-order valence-corrected chi connectivity index (χ2v) is 10.8. The highest BCUT2D eigenvalue weighted by molar-refractivity contribution is 7.86. The molecule has 0 fully saturated rings. The van der Waals surface area contributed by atoms with E-state index in [1.165, 1.54) is 26.3 Å². The highest BCUT2D eigenvalue weighted by atomic mass is 32.2. The molecule has 2 aromatic carbocycles. The zero-order valence-electron chi connectivity index (χ0n) is 22.8. The number of aromatic nitrogens is 4. The standard InChI is InChI=1S/C27H25F4N5O5S/c1-16(40-15-17-5-8-20(39-3)9-6-17)21-11-18(28)7-10-22(21)36-24(13-25(34-36)27(29,30)31)26(41-42(4,37)38)23-12-19(14-32)33-35(23)2/h5-13,16,26H,15H2,1-4H3. The van der Waals surface area contributed by atoms with Gasteiger partial charge in [-0.3, -0.25) is 8.86 Å². The number of nitriles is 1. The van der Waals surface area contributed by atoms with Crippen LogP contribution in [0, 0.1) is 17.1 Å². The molecule has 0 saturated heterocycles. The van der Waals surface area contributed by atoms with Crippen molar-refractivity contribution in [3.05, 3.63) is 94.3 Å². The molecule has 2 heterocycles. The first-order valence-electron chi connectivity index (χ1n) is 12.2. The minimum absolute atomic E-state index is 0.0195. The molecule has 0 aliphatic heterocycles. The number of hydrogen-bond acceptors (Lipinski definition) is 8. The van der Waals surface area contributed by atoms with Crippen molar-refractivity contribution in [1.29, 1.82) is 5.26 Å². The number of ether oxygens (including phenoxy) is 2. The van der Waals surface area contributed by atoms with E-state index in [1.807, 2.05) is 0 Å². The molecule has 0 aliphatic carbocycles. The normalized spacial score (nSPS) is 13.5. The topological polar surface area (TPSA) is 121 Å². The molecule has 42 heavy (non-hydrogen) atoms. The number of methoxy groups -OCH3 is 1. The molecule has 4 aromatic rings. The van der Waals surface area contributed by atoms with Gasteiger partial charge in [-0.1, -0.05) is 12.1 Å². The van der Waals surface area contributed by atoms with Crippen molar-refractivity contribution in [2.45, 2.75) is 31.9 Å². The summed E-state index contributed by atoms with van der Waals surface area (Å²) in [6, 6.07) is 13.9. The van der Waals surface area contributed by atoms with Crippen molar-refractivity contribution in [2.24, 2.45) is 7.05 Å². The van der Waals surface area contributed by atoms with Crippen molar-refractivity contribution in [2.75, 3.05) is 13.4 Å². The maximum Gasteiger partial charge on any atom is 0.435 e. The quantitative estimate of drug-likeness (QED) is 0.183. The van der Waals surface area contributed by atoms with Crippen LogP contribution in [0.25, 0.3) is 5.69 Å². The van der Waals surface area contributed by atoms with E-state index < -0.39 is 40.0 Å². The monoisotopic (exact) mass is 607 g/mol. The Morgan fingerprint density at radius 1 is 1.05 bits per heavy atom. The smallest absolute Gasteiger partial charge is 0.435 e. The van der Waals surface area contributed by atoms with Gasteiger partial charge in [0.1, 0.15) is 17.6 Å². The largest absolute Gasteiger partial charge is 0.497 e. The Morgan fingerprint density at radius 3 is 2.31 bits per heavy atom. The Morgan fingerprint density at radius 2 is 1.74 bits per heavy atom. The van der Waals surface area contributed by atoms with E-state index in [-0.39, 0.29) is 34.9 Å². The van der Waals surface area contributed by atoms with Gasteiger partial charge in [0.05, 0.1) is 43.2 Å². The SMILES string of the molecule is COc1ccc(COC(C)c2cc(F)ccc2-n2nc(C(F)(F)F)cc2C(OS(C)(=O)=O)c2cc(C#N)nn2C)cc1. The van der Waals surface area contributed by atoms with Gasteiger partial charge in [0.15, 0.2) is 17.5 Å². The van der Waals surface area contributed by atoms with Crippen LogP contribution >= 0.6 is 0 Å².